The maximum absolute atomic E-state index is 12.0. The maximum atomic E-state index is 12.0. The van der Waals surface area contributed by atoms with E-state index >= 15 is 0 Å². The van der Waals surface area contributed by atoms with Gasteiger partial charge in [-0.3, -0.25) is 4.79 Å². The van der Waals surface area contributed by atoms with E-state index < -0.39 is 24.9 Å². The quantitative estimate of drug-likeness (QED) is 0.394. The van der Waals surface area contributed by atoms with Crippen molar-refractivity contribution in [3.8, 4) is 0 Å². The summed E-state index contributed by atoms with van der Waals surface area (Å²) in [5, 5.41) is 0. The van der Waals surface area contributed by atoms with Crippen LogP contribution >= 0.6 is 0 Å². The van der Waals surface area contributed by atoms with Crippen LogP contribution in [0.2, 0.25) is 58.9 Å². The van der Waals surface area contributed by atoms with Crippen LogP contribution in [-0.4, -0.2) is 43.3 Å². The molecule has 1 N–H and O–H groups in total. The third-order valence-electron chi connectivity index (χ3n) is 2.83. The SMILES string of the molecule is C[Si](C)(C)Nc1ccc(C(=NCC(=O)O[Si](C)(C)C)O[Si](C)(C)C)cc1. The highest BCUT2D eigenvalue weighted by Crippen LogP contribution is 2.17. The van der Waals surface area contributed by atoms with Gasteiger partial charge in [-0.1, -0.05) is 19.6 Å². The number of nitrogens with zero attached hydrogens (tertiary/aromatic N) is 1. The molecule has 0 aliphatic carbocycles. The van der Waals surface area contributed by atoms with E-state index in [2.05, 4.69) is 49.3 Å². The molecule has 0 fully saturated rings. The normalized spacial score (nSPS) is 13.3. The summed E-state index contributed by atoms with van der Waals surface area (Å²) < 4.78 is 11.6. The summed E-state index contributed by atoms with van der Waals surface area (Å²) in [6.45, 7) is 19.0. The van der Waals surface area contributed by atoms with Gasteiger partial charge in [-0.25, -0.2) is 4.99 Å². The molecular formula is C18H34N2O3Si3. The summed E-state index contributed by atoms with van der Waals surface area (Å²) in [6.07, 6.45) is 0. The van der Waals surface area contributed by atoms with E-state index in [-0.39, 0.29) is 12.5 Å². The van der Waals surface area contributed by atoms with Crippen molar-refractivity contribution >= 4 is 42.4 Å². The van der Waals surface area contributed by atoms with Crippen molar-refractivity contribution in [2.75, 3.05) is 11.5 Å². The van der Waals surface area contributed by atoms with Crippen molar-refractivity contribution < 1.29 is 13.6 Å². The lowest BCUT2D eigenvalue weighted by molar-refractivity contribution is -0.133. The van der Waals surface area contributed by atoms with Gasteiger partial charge in [-0.2, -0.15) is 0 Å². The number of aliphatic imine (C=N–C) groups is 1. The van der Waals surface area contributed by atoms with E-state index in [9.17, 15) is 4.79 Å². The summed E-state index contributed by atoms with van der Waals surface area (Å²) in [5.41, 5.74) is 1.98. The molecule has 146 valence electrons. The Hall–Kier alpha value is -1.39. The molecule has 0 aromatic heterocycles. The van der Waals surface area contributed by atoms with Gasteiger partial charge in [0.15, 0.2) is 0 Å². The topological polar surface area (TPSA) is 59.9 Å². The first kappa shape index (κ1) is 22.7. The van der Waals surface area contributed by atoms with Crippen LogP contribution in [0, 0.1) is 0 Å². The fourth-order valence-corrected chi connectivity index (χ4v) is 4.65. The highest BCUT2D eigenvalue weighted by atomic mass is 28.4. The molecule has 8 heteroatoms. The Kier molecular flexibility index (Phi) is 7.43. The van der Waals surface area contributed by atoms with E-state index in [1.165, 1.54) is 0 Å². The Balaban J connectivity index is 2.99. The van der Waals surface area contributed by atoms with Crippen LogP contribution in [0.25, 0.3) is 0 Å². The van der Waals surface area contributed by atoms with Crippen molar-refractivity contribution in [2.24, 2.45) is 4.99 Å². The Morgan fingerprint density at radius 1 is 0.885 bits per heavy atom. The summed E-state index contributed by atoms with van der Waals surface area (Å²) in [6, 6.07) is 8.06. The Morgan fingerprint density at radius 2 is 1.38 bits per heavy atom. The van der Waals surface area contributed by atoms with Crippen molar-refractivity contribution in [2.45, 2.75) is 58.9 Å². The molecule has 0 atom stereocenters. The molecular weight excluding hydrogens is 376 g/mol. The Labute approximate surface area is 161 Å². The largest absolute Gasteiger partial charge is 0.531 e. The molecule has 0 saturated heterocycles. The number of rotatable bonds is 7. The van der Waals surface area contributed by atoms with Crippen LogP contribution in [0.3, 0.4) is 0 Å². The lowest BCUT2D eigenvalue weighted by Crippen LogP contribution is -2.32. The molecule has 1 rings (SSSR count). The number of nitrogens with one attached hydrogen (secondary N) is 1. The number of hydrogen-bond donors (Lipinski definition) is 1. The lowest BCUT2D eigenvalue weighted by Gasteiger charge is -2.22. The van der Waals surface area contributed by atoms with Crippen molar-refractivity contribution in [3.63, 3.8) is 0 Å². The zero-order valence-electron chi connectivity index (χ0n) is 17.7. The number of anilines is 1. The van der Waals surface area contributed by atoms with Crippen molar-refractivity contribution in [1.82, 2.24) is 0 Å². The number of carbonyl (C=O) groups excluding carboxylic acids is 1. The molecule has 0 aliphatic rings. The van der Waals surface area contributed by atoms with E-state index in [1.54, 1.807) is 0 Å². The highest BCUT2D eigenvalue weighted by molar-refractivity contribution is 6.79. The van der Waals surface area contributed by atoms with E-state index in [1.807, 2.05) is 43.9 Å². The zero-order valence-corrected chi connectivity index (χ0v) is 20.7. The average molecular weight is 411 g/mol. The molecule has 0 radical (unpaired) electrons. The molecule has 0 spiro atoms. The monoisotopic (exact) mass is 410 g/mol. The third kappa shape index (κ3) is 9.93. The van der Waals surface area contributed by atoms with Crippen LogP contribution in [0.15, 0.2) is 29.3 Å². The molecule has 5 nitrogen and oxygen atoms in total. The molecule has 0 aliphatic heterocycles. The first-order valence-corrected chi connectivity index (χ1v) is 19.3. The van der Waals surface area contributed by atoms with Gasteiger partial charge in [0.2, 0.25) is 22.5 Å². The predicted octanol–water partition coefficient (Wildman–Crippen LogP) is 4.91. The summed E-state index contributed by atoms with van der Waals surface area (Å²) >= 11 is 0. The predicted molar refractivity (Wildman–Crippen MR) is 119 cm³/mol. The van der Waals surface area contributed by atoms with Crippen molar-refractivity contribution in [1.29, 1.82) is 0 Å². The Bertz CT molecular complexity index is 640. The molecule has 0 bridgehead atoms. The second-order valence-corrected chi connectivity index (χ2v) is 23.0. The number of carbonyl (C=O) groups is 1. The zero-order chi connectivity index (χ0) is 20.2. The third-order valence-corrected chi connectivity index (χ3v) is 5.51. The first-order chi connectivity index (χ1) is 11.6. The lowest BCUT2D eigenvalue weighted by atomic mass is 10.2. The van der Waals surface area contributed by atoms with E-state index in [0.717, 1.165) is 11.3 Å². The van der Waals surface area contributed by atoms with Gasteiger partial charge in [-0.15, -0.1) is 0 Å². The van der Waals surface area contributed by atoms with Gasteiger partial charge in [-0.05, 0) is 63.5 Å². The van der Waals surface area contributed by atoms with Crippen LogP contribution < -0.4 is 4.98 Å². The molecule has 1 aromatic carbocycles. The van der Waals surface area contributed by atoms with E-state index in [0.29, 0.717) is 5.90 Å². The summed E-state index contributed by atoms with van der Waals surface area (Å²) in [4.78, 5) is 20.0. The molecule has 0 amide bonds. The molecule has 0 saturated carbocycles. The van der Waals surface area contributed by atoms with Crippen LogP contribution in [0.1, 0.15) is 5.56 Å². The number of benzene rings is 1. The van der Waals surface area contributed by atoms with Gasteiger partial charge < -0.3 is 13.8 Å². The average Bonchev–Trinajstić information content (AvgIpc) is 2.39. The van der Waals surface area contributed by atoms with Gasteiger partial charge in [0, 0.05) is 11.3 Å². The summed E-state index contributed by atoms with van der Waals surface area (Å²) in [5.74, 6) is 0.231. The molecule has 0 unspecified atom stereocenters. The second kappa shape index (κ2) is 8.53. The molecule has 26 heavy (non-hydrogen) atoms. The first-order valence-electron chi connectivity index (χ1n) is 8.99. The van der Waals surface area contributed by atoms with Crippen LogP contribution in [-0.2, 0) is 13.6 Å². The minimum absolute atomic E-state index is 0.0149. The van der Waals surface area contributed by atoms with Gasteiger partial charge in [0.05, 0.1) is 0 Å². The fraction of sp³-hybridized carbons (Fsp3) is 0.556. The minimum atomic E-state index is -1.90. The highest BCUT2D eigenvalue weighted by Gasteiger charge is 2.22. The molecule has 0 heterocycles. The number of hydrogen-bond acceptors (Lipinski definition) is 5. The van der Waals surface area contributed by atoms with Gasteiger partial charge in [0.25, 0.3) is 0 Å². The standard InChI is InChI=1S/C18H34N2O3Si3/c1-24(2,3)20-16-12-10-15(11-13-16)18(23-26(7,8)9)19-14-17(21)22-25(4,5)6/h10-13,20H,14H2,1-9H3. The van der Waals surface area contributed by atoms with Gasteiger partial charge >= 0.3 is 5.97 Å². The van der Waals surface area contributed by atoms with Crippen LogP contribution in [0.4, 0.5) is 5.69 Å². The van der Waals surface area contributed by atoms with Crippen molar-refractivity contribution in [3.05, 3.63) is 29.8 Å². The van der Waals surface area contributed by atoms with Crippen LogP contribution in [0.5, 0.6) is 0 Å². The summed E-state index contributed by atoms with van der Waals surface area (Å²) in [7, 11) is -5.16. The van der Waals surface area contributed by atoms with Gasteiger partial charge in [0.1, 0.15) is 14.8 Å². The minimum Gasteiger partial charge on any atom is -0.531 e. The fourth-order valence-electron chi connectivity index (χ4n) is 2.11. The van der Waals surface area contributed by atoms with E-state index in [4.69, 9.17) is 8.85 Å². The molecule has 1 aromatic rings. The maximum Gasteiger partial charge on any atom is 0.314 e. The second-order valence-electron chi connectivity index (χ2n) is 9.37. The Morgan fingerprint density at radius 3 is 1.81 bits per heavy atom. The smallest absolute Gasteiger partial charge is 0.314 e.